The lowest BCUT2D eigenvalue weighted by molar-refractivity contribution is -0.161. The van der Waals surface area contributed by atoms with Crippen molar-refractivity contribution in [2.75, 3.05) is 39.6 Å². The van der Waals surface area contributed by atoms with Gasteiger partial charge in [-0.1, -0.05) is 324 Å². The Labute approximate surface area is 556 Å². The van der Waals surface area contributed by atoms with Gasteiger partial charge in [-0.2, -0.15) is 0 Å². The van der Waals surface area contributed by atoms with Gasteiger partial charge in [-0.3, -0.25) is 37.3 Å². The van der Waals surface area contributed by atoms with Crippen LogP contribution in [0.15, 0.2) is 0 Å². The van der Waals surface area contributed by atoms with E-state index in [1.165, 1.54) is 193 Å². The van der Waals surface area contributed by atoms with Gasteiger partial charge in [0.2, 0.25) is 0 Å². The molecule has 0 aliphatic carbocycles. The molecule has 3 N–H and O–H groups in total. The van der Waals surface area contributed by atoms with E-state index < -0.39 is 97.5 Å². The number of phosphoric acid groups is 2. The van der Waals surface area contributed by atoms with Crippen LogP contribution in [-0.2, 0) is 65.4 Å². The quantitative estimate of drug-likeness (QED) is 0.0222. The minimum atomic E-state index is -4.95. The molecule has 0 amide bonds. The summed E-state index contributed by atoms with van der Waals surface area (Å²) in [6, 6.07) is 0. The number of unbranched alkanes of at least 4 members (excludes halogenated alkanes) is 44. The van der Waals surface area contributed by atoms with E-state index in [4.69, 9.17) is 37.0 Å². The fraction of sp³-hybridized carbons (Fsp3) is 0.944. The van der Waals surface area contributed by atoms with Crippen LogP contribution in [0.1, 0.15) is 375 Å². The normalized spacial score (nSPS) is 14.0. The Balaban J connectivity index is 5.20. The van der Waals surface area contributed by atoms with Gasteiger partial charge >= 0.3 is 39.5 Å². The predicted molar refractivity (Wildman–Crippen MR) is 368 cm³/mol. The van der Waals surface area contributed by atoms with E-state index in [0.717, 1.165) is 102 Å². The second kappa shape index (κ2) is 65.4. The first kappa shape index (κ1) is 89.1. The number of rotatable bonds is 72. The van der Waals surface area contributed by atoms with Gasteiger partial charge in [0.05, 0.1) is 26.4 Å². The Morgan fingerprint density at radius 3 is 0.747 bits per heavy atom. The molecule has 0 aromatic rings. The zero-order valence-corrected chi connectivity index (χ0v) is 60.8. The van der Waals surface area contributed by atoms with E-state index in [-0.39, 0.29) is 25.7 Å². The molecule has 540 valence electrons. The minimum Gasteiger partial charge on any atom is -0.462 e. The summed E-state index contributed by atoms with van der Waals surface area (Å²) in [6.45, 7) is 7.20. The van der Waals surface area contributed by atoms with Crippen LogP contribution >= 0.6 is 15.6 Å². The molecule has 0 saturated carbocycles. The van der Waals surface area contributed by atoms with Crippen molar-refractivity contribution >= 4 is 39.5 Å². The maximum absolute atomic E-state index is 13.0. The second-order valence-electron chi connectivity index (χ2n) is 26.5. The summed E-state index contributed by atoms with van der Waals surface area (Å²) < 4.78 is 68.3. The molecular weight excluding hydrogens is 1200 g/mol. The number of hydrogen-bond acceptors (Lipinski definition) is 15. The molecule has 0 radical (unpaired) electrons. The zero-order valence-electron chi connectivity index (χ0n) is 59.0. The van der Waals surface area contributed by atoms with Gasteiger partial charge in [-0.25, -0.2) is 9.13 Å². The molecule has 0 spiro atoms. The maximum Gasteiger partial charge on any atom is 0.472 e. The highest BCUT2D eigenvalue weighted by Crippen LogP contribution is 2.45. The molecule has 0 bridgehead atoms. The van der Waals surface area contributed by atoms with E-state index in [2.05, 4.69) is 34.6 Å². The molecule has 0 aliphatic rings. The Kier molecular flexibility index (Phi) is 64.0. The fourth-order valence-electron chi connectivity index (χ4n) is 11.0. The third-order valence-corrected chi connectivity index (χ3v) is 18.7. The third-order valence-electron chi connectivity index (χ3n) is 16.8. The molecule has 17 nitrogen and oxygen atoms in total. The fourth-order valence-corrected chi connectivity index (χ4v) is 12.6. The smallest absolute Gasteiger partial charge is 0.462 e. The molecule has 0 saturated heterocycles. The molecule has 0 aromatic heterocycles. The number of esters is 4. The van der Waals surface area contributed by atoms with Gasteiger partial charge in [0.15, 0.2) is 12.2 Å². The van der Waals surface area contributed by atoms with Gasteiger partial charge in [-0.05, 0) is 31.6 Å². The second-order valence-corrected chi connectivity index (χ2v) is 29.4. The van der Waals surface area contributed by atoms with Crippen molar-refractivity contribution < 1.29 is 80.2 Å². The number of ether oxygens (including phenoxy) is 4. The largest absolute Gasteiger partial charge is 0.472 e. The van der Waals surface area contributed by atoms with Gasteiger partial charge in [0.1, 0.15) is 19.3 Å². The maximum atomic E-state index is 13.0. The molecule has 5 atom stereocenters. The van der Waals surface area contributed by atoms with Crippen LogP contribution in [0.4, 0.5) is 0 Å². The Morgan fingerprint density at radius 1 is 0.297 bits per heavy atom. The van der Waals surface area contributed by atoms with E-state index >= 15 is 0 Å². The molecule has 91 heavy (non-hydrogen) atoms. The highest BCUT2D eigenvalue weighted by Gasteiger charge is 2.30. The van der Waals surface area contributed by atoms with Crippen LogP contribution in [0.5, 0.6) is 0 Å². The van der Waals surface area contributed by atoms with Crippen LogP contribution in [0.2, 0.25) is 0 Å². The average Bonchev–Trinajstić information content (AvgIpc) is 3.70. The summed E-state index contributed by atoms with van der Waals surface area (Å²) in [5.74, 6) is -1.40. The first-order valence-electron chi connectivity index (χ1n) is 37.6. The first-order valence-corrected chi connectivity index (χ1v) is 40.6. The van der Waals surface area contributed by atoms with Crippen molar-refractivity contribution in [1.82, 2.24) is 0 Å². The average molecular weight is 1340 g/mol. The number of aliphatic hydroxyl groups is 1. The van der Waals surface area contributed by atoms with Crippen molar-refractivity contribution in [1.29, 1.82) is 0 Å². The van der Waals surface area contributed by atoms with Crippen LogP contribution in [-0.4, -0.2) is 96.7 Å². The van der Waals surface area contributed by atoms with Crippen LogP contribution in [0.25, 0.3) is 0 Å². The van der Waals surface area contributed by atoms with E-state index in [1.54, 1.807) is 0 Å². The number of carbonyl (C=O) groups is 4. The molecular formula is C72H140O17P2. The lowest BCUT2D eigenvalue weighted by Crippen LogP contribution is -2.30. The summed E-state index contributed by atoms with van der Waals surface area (Å²) in [6.07, 6.45) is 52.8. The molecule has 0 heterocycles. The summed E-state index contributed by atoms with van der Waals surface area (Å²) in [7, 11) is -9.90. The van der Waals surface area contributed by atoms with Crippen molar-refractivity contribution in [2.45, 2.75) is 393 Å². The molecule has 0 rings (SSSR count). The first-order chi connectivity index (χ1) is 44.0. The van der Waals surface area contributed by atoms with Crippen molar-refractivity contribution in [2.24, 2.45) is 5.92 Å². The summed E-state index contributed by atoms with van der Waals surface area (Å²) in [4.78, 5) is 72.5. The van der Waals surface area contributed by atoms with E-state index in [1.807, 2.05) is 0 Å². The van der Waals surface area contributed by atoms with Crippen molar-refractivity contribution in [3.8, 4) is 0 Å². The highest BCUT2D eigenvalue weighted by molar-refractivity contribution is 7.47. The minimum absolute atomic E-state index is 0.105. The summed E-state index contributed by atoms with van der Waals surface area (Å²) >= 11 is 0. The number of aliphatic hydroxyl groups excluding tert-OH is 1. The standard InChI is InChI=1S/C72H140O17P2/c1-6-9-12-15-18-21-23-25-27-28-29-30-32-34-36-42-47-52-57-71(76)88-68(62-83-70(75)56-51-46-41-35-33-31-26-24-22-19-16-13-10-7-2)64-87-91(80,81)85-60-66(73)59-84-90(78,79)86-63-67(61-82-69(74)55-50-45-40-20-17-14-11-8-3)89-72(77)58-53-48-43-38-37-39-44-49-54-65(4)5/h65-68,73H,6-64H2,1-5H3,(H,78,79)(H,80,81)/t66-,67+,68+/m0/s1. The molecule has 0 fully saturated rings. The van der Waals surface area contributed by atoms with Gasteiger partial charge in [0, 0.05) is 25.7 Å². The Morgan fingerprint density at radius 2 is 0.505 bits per heavy atom. The Hall–Kier alpha value is -1.94. The molecule has 2 unspecified atom stereocenters. The highest BCUT2D eigenvalue weighted by atomic mass is 31.2. The SMILES string of the molecule is CCCCCCCCCCCCCCCCCCCCC(=O)O[C@H](COC(=O)CCCCCCCCCCCCCCCC)COP(=O)(O)OC[C@@H](O)COP(=O)(O)OC[C@@H](COC(=O)CCCCCCCCCC)OC(=O)CCCCCCCCCCC(C)C. The van der Waals surface area contributed by atoms with Crippen LogP contribution < -0.4 is 0 Å². The van der Waals surface area contributed by atoms with Crippen molar-refractivity contribution in [3.63, 3.8) is 0 Å². The summed E-state index contributed by atoms with van der Waals surface area (Å²) in [5.41, 5.74) is 0. The van der Waals surface area contributed by atoms with Crippen LogP contribution in [0.3, 0.4) is 0 Å². The lowest BCUT2D eigenvalue weighted by Gasteiger charge is -2.21. The molecule has 19 heteroatoms. The van der Waals surface area contributed by atoms with Crippen molar-refractivity contribution in [3.05, 3.63) is 0 Å². The monoisotopic (exact) mass is 1340 g/mol. The number of carbonyl (C=O) groups excluding carboxylic acids is 4. The van der Waals surface area contributed by atoms with Gasteiger partial charge in [0.25, 0.3) is 0 Å². The van der Waals surface area contributed by atoms with Gasteiger partial charge in [-0.15, -0.1) is 0 Å². The summed E-state index contributed by atoms with van der Waals surface area (Å²) in [5, 5.41) is 10.6. The predicted octanol–water partition coefficient (Wildman–Crippen LogP) is 20.9. The van der Waals surface area contributed by atoms with E-state index in [0.29, 0.717) is 25.7 Å². The molecule has 0 aliphatic heterocycles. The number of hydrogen-bond donors (Lipinski definition) is 3. The van der Waals surface area contributed by atoms with E-state index in [9.17, 15) is 43.2 Å². The van der Waals surface area contributed by atoms with Gasteiger partial charge < -0.3 is 33.8 Å². The third kappa shape index (κ3) is 66.5. The number of phosphoric ester groups is 2. The molecule has 0 aromatic carbocycles. The zero-order chi connectivity index (χ0) is 67.0. The van der Waals surface area contributed by atoms with Crippen LogP contribution in [0, 0.1) is 5.92 Å². The lowest BCUT2D eigenvalue weighted by atomic mass is 10.0. The Bertz CT molecular complexity index is 1750. The topological polar surface area (TPSA) is 237 Å².